The van der Waals surface area contributed by atoms with Crippen LogP contribution in [0.4, 0.5) is 0 Å². The summed E-state index contributed by atoms with van der Waals surface area (Å²) in [6.45, 7) is 0. The molecule has 0 aliphatic rings. The summed E-state index contributed by atoms with van der Waals surface area (Å²) in [5, 5.41) is 17.8. The maximum atomic E-state index is 9.60. The molecule has 1 unspecified atom stereocenters. The van der Waals surface area contributed by atoms with Crippen molar-refractivity contribution < 1.29 is 10.2 Å². The number of aliphatic hydroxyl groups excluding tert-OH is 2. The van der Waals surface area contributed by atoms with Crippen molar-refractivity contribution in [3.63, 3.8) is 0 Å². The van der Waals surface area contributed by atoms with Crippen LogP contribution in [0.3, 0.4) is 0 Å². The van der Waals surface area contributed by atoms with Gasteiger partial charge in [0.2, 0.25) is 0 Å². The van der Waals surface area contributed by atoms with Crippen molar-refractivity contribution in [3.8, 4) is 12.0 Å². The van der Waals surface area contributed by atoms with E-state index in [9.17, 15) is 5.11 Å². The first-order valence-electron chi connectivity index (χ1n) is 4.19. The molecule has 13 heavy (non-hydrogen) atoms. The third-order valence-electron chi connectivity index (χ3n) is 1.81. The summed E-state index contributed by atoms with van der Waals surface area (Å²) in [7, 11) is 0. The second kappa shape index (κ2) is 5.23. The number of hydrogen-bond acceptors (Lipinski definition) is 2. The van der Waals surface area contributed by atoms with Gasteiger partial charge < -0.3 is 10.2 Å². The van der Waals surface area contributed by atoms with Crippen LogP contribution in [0.1, 0.15) is 24.5 Å². The zero-order chi connectivity index (χ0) is 9.52. The van der Waals surface area contributed by atoms with E-state index in [1.54, 1.807) is 0 Å². The Labute approximate surface area is 77.8 Å². The molecule has 0 heterocycles. The van der Waals surface area contributed by atoms with Gasteiger partial charge in [-0.15, -0.1) is 0 Å². The molecule has 2 nitrogen and oxygen atoms in total. The Bertz CT molecular complexity index is 295. The van der Waals surface area contributed by atoms with E-state index in [2.05, 4.69) is 5.92 Å². The fourth-order valence-corrected chi connectivity index (χ4v) is 1.11. The van der Waals surface area contributed by atoms with E-state index in [1.165, 1.54) is 0 Å². The minimum Gasteiger partial charge on any atom is -0.462 e. The quantitative estimate of drug-likeness (QED) is 0.690. The highest BCUT2D eigenvalue weighted by atomic mass is 16.3. The zero-order valence-corrected chi connectivity index (χ0v) is 7.27. The molecule has 0 saturated heterocycles. The lowest BCUT2D eigenvalue weighted by molar-refractivity contribution is 0.169. The van der Waals surface area contributed by atoms with E-state index in [0.717, 1.165) is 5.56 Å². The van der Waals surface area contributed by atoms with Gasteiger partial charge in [0, 0.05) is 6.42 Å². The van der Waals surface area contributed by atoms with Crippen LogP contribution in [0.15, 0.2) is 30.3 Å². The lowest BCUT2D eigenvalue weighted by atomic mass is 10.1. The van der Waals surface area contributed by atoms with Crippen molar-refractivity contribution in [1.29, 1.82) is 0 Å². The lowest BCUT2D eigenvalue weighted by Crippen LogP contribution is -1.95. The van der Waals surface area contributed by atoms with Crippen LogP contribution in [0, 0.1) is 12.0 Å². The van der Waals surface area contributed by atoms with Crippen molar-refractivity contribution in [3.05, 3.63) is 35.9 Å². The van der Waals surface area contributed by atoms with Crippen LogP contribution in [-0.2, 0) is 0 Å². The molecule has 0 bridgehead atoms. The van der Waals surface area contributed by atoms with E-state index in [1.807, 2.05) is 36.4 Å². The van der Waals surface area contributed by atoms with E-state index in [0.29, 0.717) is 12.8 Å². The Kier molecular flexibility index (Phi) is 3.87. The molecule has 0 aromatic heterocycles. The second-order valence-electron chi connectivity index (χ2n) is 2.75. The minimum atomic E-state index is -0.484. The number of benzene rings is 1. The summed E-state index contributed by atoms with van der Waals surface area (Å²) in [5.41, 5.74) is 0.891. The van der Waals surface area contributed by atoms with Crippen LogP contribution in [-0.4, -0.2) is 10.2 Å². The first-order chi connectivity index (χ1) is 6.34. The molecule has 0 amide bonds. The van der Waals surface area contributed by atoms with Crippen LogP contribution < -0.4 is 0 Å². The predicted octanol–water partition coefficient (Wildman–Crippen LogP) is 1.83. The third kappa shape index (κ3) is 3.18. The van der Waals surface area contributed by atoms with Gasteiger partial charge in [-0.3, -0.25) is 0 Å². The van der Waals surface area contributed by atoms with Crippen molar-refractivity contribution in [1.82, 2.24) is 0 Å². The summed E-state index contributed by atoms with van der Waals surface area (Å²) in [6, 6.07) is 9.42. The van der Waals surface area contributed by atoms with Gasteiger partial charge in [0.05, 0.1) is 6.10 Å². The van der Waals surface area contributed by atoms with Crippen molar-refractivity contribution in [2.45, 2.75) is 18.9 Å². The Morgan fingerprint density at radius 3 is 2.54 bits per heavy atom. The number of aliphatic hydroxyl groups is 2. The molecule has 68 valence electrons. The van der Waals surface area contributed by atoms with Crippen LogP contribution in [0.2, 0.25) is 0 Å². The molecular formula is C11H12O2. The molecule has 1 aromatic carbocycles. The Hall–Kier alpha value is -1.46. The normalized spacial score (nSPS) is 11.5. The Balaban J connectivity index is 2.47. The second-order valence-corrected chi connectivity index (χ2v) is 2.75. The van der Waals surface area contributed by atoms with E-state index in [4.69, 9.17) is 5.11 Å². The molecule has 2 heteroatoms. The van der Waals surface area contributed by atoms with Gasteiger partial charge in [-0.05, 0) is 12.0 Å². The zero-order valence-electron chi connectivity index (χ0n) is 7.27. The molecule has 0 fully saturated rings. The standard InChI is InChI=1S/C11H12O2/c12-9-5-4-8-11(13)10-6-2-1-3-7-10/h1-3,6-7,11-13H,4,8H2. The van der Waals surface area contributed by atoms with E-state index < -0.39 is 6.10 Å². The highest BCUT2D eigenvalue weighted by molar-refractivity contribution is 5.17. The topological polar surface area (TPSA) is 40.5 Å². The monoisotopic (exact) mass is 176 g/mol. The average Bonchev–Trinajstić information content (AvgIpc) is 2.19. The Morgan fingerprint density at radius 2 is 1.92 bits per heavy atom. The predicted molar refractivity (Wildman–Crippen MR) is 50.3 cm³/mol. The summed E-state index contributed by atoms with van der Waals surface area (Å²) in [4.78, 5) is 0. The highest BCUT2D eigenvalue weighted by Gasteiger charge is 2.04. The van der Waals surface area contributed by atoms with Gasteiger partial charge in [-0.1, -0.05) is 36.3 Å². The van der Waals surface area contributed by atoms with Gasteiger partial charge in [0.25, 0.3) is 0 Å². The molecule has 0 saturated carbocycles. The SMILES string of the molecule is OC#CCCC(O)c1ccccc1. The first kappa shape index (κ1) is 9.63. The van der Waals surface area contributed by atoms with E-state index >= 15 is 0 Å². The molecule has 0 aliphatic carbocycles. The largest absolute Gasteiger partial charge is 0.462 e. The van der Waals surface area contributed by atoms with Crippen molar-refractivity contribution in [2.75, 3.05) is 0 Å². The van der Waals surface area contributed by atoms with Crippen molar-refractivity contribution in [2.24, 2.45) is 0 Å². The first-order valence-corrected chi connectivity index (χ1v) is 4.19. The van der Waals surface area contributed by atoms with Gasteiger partial charge >= 0.3 is 0 Å². The summed E-state index contributed by atoms with van der Waals surface area (Å²) in [5.74, 6) is 2.49. The molecule has 0 spiro atoms. The van der Waals surface area contributed by atoms with Gasteiger partial charge in [0.1, 0.15) is 6.11 Å². The highest BCUT2D eigenvalue weighted by Crippen LogP contribution is 2.16. The van der Waals surface area contributed by atoms with Crippen LogP contribution in [0.25, 0.3) is 0 Å². The van der Waals surface area contributed by atoms with Gasteiger partial charge in [0.15, 0.2) is 0 Å². The lowest BCUT2D eigenvalue weighted by Gasteiger charge is -2.07. The van der Waals surface area contributed by atoms with Crippen molar-refractivity contribution >= 4 is 0 Å². The summed E-state index contributed by atoms with van der Waals surface area (Å²) >= 11 is 0. The van der Waals surface area contributed by atoms with E-state index in [-0.39, 0.29) is 0 Å². The smallest absolute Gasteiger partial charge is 0.107 e. The summed E-state index contributed by atoms with van der Waals surface area (Å²) in [6.07, 6.45) is 2.39. The summed E-state index contributed by atoms with van der Waals surface area (Å²) < 4.78 is 0. The fourth-order valence-electron chi connectivity index (χ4n) is 1.11. The Morgan fingerprint density at radius 1 is 1.23 bits per heavy atom. The minimum absolute atomic E-state index is 0.484. The van der Waals surface area contributed by atoms with Crippen LogP contribution >= 0.6 is 0 Å². The fraction of sp³-hybridized carbons (Fsp3) is 0.273. The third-order valence-corrected chi connectivity index (χ3v) is 1.81. The molecule has 2 N–H and O–H groups in total. The molecule has 0 aliphatic heterocycles. The number of hydrogen-bond donors (Lipinski definition) is 2. The molecule has 0 radical (unpaired) electrons. The number of rotatable bonds is 3. The molecule has 1 aromatic rings. The molecule has 1 atom stereocenters. The maximum absolute atomic E-state index is 9.60. The molecular weight excluding hydrogens is 164 g/mol. The maximum Gasteiger partial charge on any atom is 0.107 e. The van der Waals surface area contributed by atoms with Crippen LogP contribution in [0.5, 0.6) is 0 Å². The van der Waals surface area contributed by atoms with Gasteiger partial charge in [-0.25, -0.2) is 0 Å². The molecule has 1 rings (SSSR count). The average molecular weight is 176 g/mol. The van der Waals surface area contributed by atoms with Gasteiger partial charge in [-0.2, -0.15) is 0 Å².